The van der Waals surface area contributed by atoms with E-state index in [9.17, 15) is 4.79 Å². The van der Waals surface area contributed by atoms with E-state index in [4.69, 9.17) is 25.6 Å². The van der Waals surface area contributed by atoms with Crippen LogP contribution in [0.1, 0.15) is 18.7 Å². The van der Waals surface area contributed by atoms with Gasteiger partial charge < -0.3 is 19.3 Å². The van der Waals surface area contributed by atoms with Crippen LogP contribution in [0.3, 0.4) is 0 Å². The van der Waals surface area contributed by atoms with Gasteiger partial charge in [-0.15, -0.1) is 11.8 Å². The van der Waals surface area contributed by atoms with E-state index in [-0.39, 0.29) is 11.8 Å². The zero-order valence-electron chi connectivity index (χ0n) is 19.8. The molecule has 0 aliphatic carbocycles. The highest BCUT2D eigenvalue weighted by Crippen LogP contribution is 2.31. The molecule has 0 bridgehead atoms. The Hall–Kier alpha value is -2.75. The fourth-order valence-electron chi connectivity index (χ4n) is 3.97. The Kier molecular flexibility index (Phi) is 8.90. The fourth-order valence-corrected chi connectivity index (χ4v) is 4.87. The Bertz CT molecular complexity index is 1120. The second-order valence-corrected chi connectivity index (χ2v) is 9.83. The molecule has 1 N–H and O–H groups in total. The molecule has 2 aromatic carbocycles. The maximum Gasteiger partial charge on any atom is 0.241 e. The van der Waals surface area contributed by atoms with E-state index in [0.29, 0.717) is 36.3 Å². The van der Waals surface area contributed by atoms with Crippen molar-refractivity contribution in [2.45, 2.75) is 24.3 Å². The fraction of sp³-hybridized carbons (Fsp3) is 0.400. The molecule has 8 nitrogen and oxygen atoms in total. The molecule has 4 rings (SSSR count). The lowest BCUT2D eigenvalue weighted by molar-refractivity contribution is -0.126. The van der Waals surface area contributed by atoms with Gasteiger partial charge in [-0.3, -0.25) is 9.69 Å². The molecule has 0 unspecified atom stereocenters. The van der Waals surface area contributed by atoms with Crippen LogP contribution in [0.25, 0.3) is 11.4 Å². The molecule has 3 aromatic rings. The van der Waals surface area contributed by atoms with E-state index >= 15 is 0 Å². The van der Waals surface area contributed by atoms with Crippen molar-refractivity contribution in [3.8, 4) is 22.9 Å². The average molecular weight is 517 g/mol. The highest BCUT2D eigenvalue weighted by Gasteiger charge is 2.26. The third-order valence-electron chi connectivity index (χ3n) is 5.91. The lowest BCUT2D eigenvalue weighted by Crippen LogP contribution is -2.40. The predicted molar refractivity (Wildman–Crippen MR) is 136 cm³/mol. The normalized spacial score (nSPS) is 14.6. The first-order valence-corrected chi connectivity index (χ1v) is 12.9. The molecule has 0 saturated carbocycles. The van der Waals surface area contributed by atoms with Gasteiger partial charge >= 0.3 is 0 Å². The first kappa shape index (κ1) is 25.3. The maximum absolute atomic E-state index is 12.6. The SMILES string of the molecule is COc1ccc(-c2noc(CN3CCC(C(=O)NCCSc4ccc(Cl)cc4)CC3)n2)cc1OC. The third kappa shape index (κ3) is 6.90. The van der Waals surface area contributed by atoms with Crippen molar-refractivity contribution in [1.82, 2.24) is 20.4 Å². The maximum atomic E-state index is 12.6. The van der Waals surface area contributed by atoms with Crippen LogP contribution in [0.5, 0.6) is 11.5 Å². The van der Waals surface area contributed by atoms with Gasteiger partial charge in [-0.1, -0.05) is 16.8 Å². The third-order valence-corrected chi connectivity index (χ3v) is 7.18. The second-order valence-electron chi connectivity index (χ2n) is 8.23. The molecule has 186 valence electrons. The van der Waals surface area contributed by atoms with Crippen LogP contribution in [0.2, 0.25) is 5.02 Å². The Morgan fingerprint density at radius 3 is 2.60 bits per heavy atom. The summed E-state index contributed by atoms with van der Waals surface area (Å²) in [6.45, 7) is 2.83. The van der Waals surface area contributed by atoms with Crippen LogP contribution in [0, 0.1) is 5.92 Å². The molecule has 1 aliphatic heterocycles. The summed E-state index contributed by atoms with van der Waals surface area (Å²) in [7, 11) is 3.19. The molecule has 2 heterocycles. The molecule has 1 aromatic heterocycles. The zero-order valence-corrected chi connectivity index (χ0v) is 21.4. The first-order valence-electron chi connectivity index (χ1n) is 11.5. The predicted octanol–water partition coefficient (Wildman–Crippen LogP) is 4.53. The first-order chi connectivity index (χ1) is 17.1. The van der Waals surface area contributed by atoms with Crippen LogP contribution in [-0.2, 0) is 11.3 Å². The quantitative estimate of drug-likeness (QED) is 0.310. The van der Waals surface area contributed by atoms with Gasteiger partial charge in [-0.2, -0.15) is 4.98 Å². The van der Waals surface area contributed by atoms with E-state index in [1.54, 1.807) is 26.0 Å². The van der Waals surface area contributed by atoms with E-state index < -0.39 is 0 Å². The number of carbonyl (C=O) groups is 1. The van der Waals surface area contributed by atoms with Gasteiger partial charge in [0.05, 0.1) is 20.8 Å². The second kappa shape index (κ2) is 12.3. The molecule has 1 amide bonds. The van der Waals surface area contributed by atoms with Gasteiger partial charge in [0.2, 0.25) is 17.6 Å². The van der Waals surface area contributed by atoms with Gasteiger partial charge in [-0.25, -0.2) is 0 Å². The van der Waals surface area contributed by atoms with E-state index in [0.717, 1.165) is 47.2 Å². The molecule has 1 fully saturated rings. The Morgan fingerprint density at radius 1 is 1.14 bits per heavy atom. The van der Waals surface area contributed by atoms with Crippen LogP contribution >= 0.6 is 23.4 Å². The minimum atomic E-state index is 0.0387. The topological polar surface area (TPSA) is 89.7 Å². The van der Waals surface area contributed by atoms with E-state index in [1.807, 2.05) is 42.5 Å². The summed E-state index contributed by atoms with van der Waals surface area (Å²) in [6, 6.07) is 13.2. The van der Waals surface area contributed by atoms with Crippen LogP contribution in [0.4, 0.5) is 0 Å². The number of benzene rings is 2. The molecule has 0 radical (unpaired) electrons. The highest BCUT2D eigenvalue weighted by atomic mass is 35.5. The lowest BCUT2D eigenvalue weighted by atomic mass is 9.96. The Balaban J connectivity index is 1.20. The molecule has 1 aliphatic rings. The molecule has 10 heteroatoms. The number of ether oxygens (including phenoxy) is 2. The van der Waals surface area contributed by atoms with Gasteiger partial charge in [0.15, 0.2) is 11.5 Å². The summed E-state index contributed by atoms with van der Waals surface area (Å²) >= 11 is 7.62. The van der Waals surface area contributed by atoms with Crippen molar-refractivity contribution < 1.29 is 18.8 Å². The summed E-state index contributed by atoms with van der Waals surface area (Å²) in [5.74, 6) is 3.31. The number of methoxy groups -OCH3 is 2. The standard InChI is InChI=1S/C25H29ClN4O4S/c1-32-21-8-3-18(15-22(21)33-2)24-28-23(34-29-24)16-30-12-9-17(10-13-30)25(31)27-11-14-35-20-6-4-19(26)5-7-20/h3-8,15,17H,9-14,16H2,1-2H3,(H,27,31). The summed E-state index contributed by atoms with van der Waals surface area (Å²) < 4.78 is 16.1. The number of nitrogens with zero attached hydrogens (tertiary/aromatic N) is 3. The summed E-state index contributed by atoms with van der Waals surface area (Å²) in [5, 5.41) is 7.91. The van der Waals surface area contributed by atoms with Crippen LogP contribution in [-0.4, -0.2) is 60.6 Å². The summed E-state index contributed by atoms with van der Waals surface area (Å²) in [5.41, 5.74) is 0.794. The number of piperidine rings is 1. The molecular weight excluding hydrogens is 488 g/mol. The Labute approximate surface area is 214 Å². The van der Waals surface area contributed by atoms with Gasteiger partial charge in [0.1, 0.15) is 0 Å². The van der Waals surface area contributed by atoms with Crippen molar-refractivity contribution in [1.29, 1.82) is 0 Å². The minimum absolute atomic E-state index is 0.0387. The van der Waals surface area contributed by atoms with Crippen LogP contribution < -0.4 is 14.8 Å². The number of carbonyl (C=O) groups excluding carboxylic acids is 1. The molecule has 0 spiro atoms. The molecular formula is C25H29ClN4O4S. The Morgan fingerprint density at radius 2 is 1.89 bits per heavy atom. The van der Waals surface area contributed by atoms with Gasteiger partial charge in [0.25, 0.3) is 0 Å². The van der Waals surface area contributed by atoms with E-state index in [1.165, 1.54) is 0 Å². The number of amides is 1. The molecule has 1 saturated heterocycles. The largest absolute Gasteiger partial charge is 0.493 e. The van der Waals surface area contributed by atoms with Crippen molar-refractivity contribution in [3.05, 3.63) is 53.4 Å². The van der Waals surface area contributed by atoms with Crippen LogP contribution in [0.15, 0.2) is 51.9 Å². The molecule has 0 atom stereocenters. The van der Waals surface area contributed by atoms with Crippen molar-refractivity contribution in [3.63, 3.8) is 0 Å². The minimum Gasteiger partial charge on any atom is -0.493 e. The zero-order chi connectivity index (χ0) is 24.6. The number of halogens is 1. The van der Waals surface area contributed by atoms with Gasteiger partial charge in [-0.05, 0) is 68.4 Å². The number of hydrogen-bond donors (Lipinski definition) is 1. The van der Waals surface area contributed by atoms with Crippen molar-refractivity contribution in [2.75, 3.05) is 39.6 Å². The number of likely N-dealkylation sites (tertiary alicyclic amines) is 1. The number of thioether (sulfide) groups is 1. The summed E-state index contributed by atoms with van der Waals surface area (Å²) in [4.78, 5) is 20.5. The smallest absolute Gasteiger partial charge is 0.241 e. The summed E-state index contributed by atoms with van der Waals surface area (Å²) in [6.07, 6.45) is 1.62. The number of aromatic nitrogens is 2. The monoisotopic (exact) mass is 516 g/mol. The van der Waals surface area contributed by atoms with Gasteiger partial charge in [0, 0.05) is 33.7 Å². The van der Waals surface area contributed by atoms with E-state index in [2.05, 4.69) is 20.4 Å². The highest BCUT2D eigenvalue weighted by molar-refractivity contribution is 7.99. The van der Waals surface area contributed by atoms with Crippen molar-refractivity contribution >= 4 is 29.3 Å². The van der Waals surface area contributed by atoms with Crippen molar-refractivity contribution in [2.24, 2.45) is 5.92 Å². The average Bonchev–Trinajstić information content (AvgIpc) is 3.36. The lowest BCUT2D eigenvalue weighted by Gasteiger charge is -2.30. The number of hydrogen-bond acceptors (Lipinski definition) is 8. The number of rotatable bonds is 10. The number of nitrogens with one attached hydrogen (secondary N) is 1. The molecule has 35 heavy (non-hydrogen) atoms.